The standard InChI is InChI=1S/C21H16ClNO3/c22-18-11-10-17(12-19(18)23)21(25)26-13-20(24)16-8-6-15(7-9-16)14-4-2-1-3-5-14/h1-12H,13,23H2. The number of nitrogen functional groups attached to an aromatic ring is 1. The third-order valence-corrected chi connectivity index (χ3v) is 4.22. The Balaban J connectivity index is 1.63. The molecule has 0 heterocycles. The van der Waals surface area contributed by atoms with Gasteiger partial charge in [-0.15, -0.1) is 0 Å². The highest BCUT2D eigenvalue weighted by atomic mass is 35.5. The summed E-state index contributed by atoms with van der Waals surface area (Å²) in [4.78, 5) is 24.2. The largest absolute Gasteiger partial charge is 0.454 e. The number of hydrogen-bond donors (Lipinski definition) is 1. The van der Waals surface area contributed by atoms with Crippen LogP contribution in [-0.2, 0) is 4.74 Å². The third-order valence-electron chi connectivity index (χ3n) is 3.88. The molecule has 0 saturated carbocycles. The first kappa shape index (κ1) is 17.7. The van der Waals surface area contributed by atoms with Gasteiger partial charge in [0.2, 0.25) is 0 Å². The van der Waals surface area contributed by atoms with Gasteiger partial charge in [0.25, 0.3) is 0 Å². The second kappa shape index (κ2) is 7.85. The van der Waals surface area contributed by atoms with Crippen molar-refractivity contribution in [2.45, 2.75) is 0 Å². The lowest BCUT2D eigenvalue weighted by molar-refractivity contribution is 0.0475. The van der Waals surface area contributed by atoms with Crippen molar-refractivity contribution in [2.24, 2.45) is 0 Å². The minimum Gasteiger partial charge on any atom is -0.454 e. The summed E-state index contributed by atoms with van der Waals surface area (Å²) < 4.78 is 5.07. The van der Waals surface area contributed by atoms with E-state index in [9.17, 15) is 9.59 Å². The molecule has 4 nitrogen and oxygen atoms in total. The molecule has 130 valence electrons. The van der Waals surface area contributed by atoms with Crippen LogP contribution in [0.2, 0.25) is 5.02 Å². The van der Waals surface area contributed by atoms with Crippen LogP contribution >= 0.6 is 11.6 Å². The van der Waals surface area contributed by atoms with Gasteiger partial charge in [0.05, 0.1) is 16.3 Å². The molecule has 0 radical (unpaired) electrons. The summed E-state index contributed by atoms with van der Waals surface area (Å²) in [6.07, 6.45) is 0. The molecule has 2 N–H and O–H groups in total. The Kier molecular flexibility index (Phi) is 5.34. The average Bonchev–Trinajstić information content (AvgIpc) is 2.68. The second-order valence-electron chi connectivity index (χ2n) is 5.68. The van der Waals surface area contributed by atoms with Crippen molar-refractivity contribution in [3.63, 3.8) is 0 Å². The summed E-state index contributed by atoms with van der Waals surface area (Å²) in [7, 11) is 0. The molecule has 0 aliphatic heterocycles. The summed E-state index contributed by atoms with van der Waals surface area (Å²) in [6, 6.07) is 21.5. The zero-order valence-electron chi connectivity index (χ0n) is 13.8. The molecule has 0 aliphatic carbocycles. The van der Waals surface area contributed by atoms with Crippen LogP contribution in [0.25, 0.3) is 11.1 Å². The van der Waals surface area contributed by atoms with E-state index in [0.29, 0.717) is 10.6 Å². The van der Waals surface area contributed by atoms with Crippen LogP contribution in [-0.4, -0.2) is 18.4 Å². The topological polar surface area (TPSA) is 69.4 Å². The van der Waals surface area contributed by atoms with E-state index in [2.05, 4.69) is 0 Å². The van der Waals surface area contributed by atoms with Crippen LogP contribution in [0.15, 0.2) is 72.8 Å². The number of halogens is 1. The molecule has 0 unspecified atom stereocenters. The maximum Gasteiger partial charge on any atom is 0.338 e. The number of ether oxygens (including phenoxy) is 1. The number of rotatable bonds is 5. The Morgan fingerprint density at radius 3 is 2.12 bits per heavy atom. The van der Waals surface area contributed by atoms with Crippen LogP contribution in [0.5, 0.6) is 0 Å². The molecule has 0 bridgehead atoms. The highest BCUT2D eigenvalue weighted by Gasteiger charge is 2.13. The number of carbonyl (C=O) groups is 2. The van der Waals surface area contributed by atoms with Gasteiger partial charge in [-0.25, -0.2) is 4.79 Å². The van der Waals surface area contributed by atoms with Gasteiger partial charge >= 0.3 is 5.97 Å². The van der Waals surface area contributed by atoms with Crippen molar-refractivity contribution in [1.29, 1.82) is 0 Å². The summed E-state index contributed by atoms with van der Waals surface area (Å²) in [5.74, 6) is -0.900. The van der Waals surface area contributed by atoms with Gasteiger partial charge in [0.1, 0.15) is 0 Å². The van der Waals surface area contributed by atoms with Crippen LogP contribution in [0.4, 0.5) is 5.69 Å². The Hall–Kier alpha value is -3.11. The van der Waals surface area contributed by atoms with Gasteiger partial charge in [0, 0.05) is 5.56 Å². The van der Waals surface area contributed by atoms with E-state index in [1.165, 1.54) is 18.2 Å². The van der Waals surface area contributed by atoms with Crippen LogP contribution in [0.1, 0.15) is 20.7 Å². The first-order valence-corrected chi connectivity index (χ1v) is 8.33. The lowest BCUT2D eigenvalue weighted by Crippen LogP contribution is -2.14. The van der Waals surface area contributed by atoms with Crippen molar-refractivity contribution >= 4 is 29.0 Å². The molecule has 0 amide bonds. The van der Waals surface area contributed by atoms with Gasteiger partial charge in [-0.05, 0) is 29.3 Å². The number of esters is 1. The molecular weight excluding hydrogens is 350 g/mol. The zero-order valence-corrected chi connectivity index (χ0v) is 14.6. The van der Waals surface area contributed by atoms with E-state index in [1.807, 2.05) is 42.5 Å². The Morgan fingerprint density at radius 1 is 0.846 bits per heavy atom. The van der Waals surface area contributed by atoms with E-state index < -0.39 is 5.97 Å². The first-order chi connectivity index (χ1) is 12.5. The number of benzene rings is 3. The minimum atomic E-state index is -0.623. The number of ketones is 1. The number of carbonyl (C=O) groups excluding carboxylic acids is 2. The summed E-state index contributed by atoms with van der Waals surface area (Å²) >= 11 is 5.82. The van der Waals surface area contributed by atoms with Crippen molar-refractivity contribution in [3.05, 3.63) is 88.9 Å². The zero-order chi connectivity index (χ0) is 18.5. The van der Waals surface area contributed by atoms with Gasteiger partial charge in [-0.3, -0.25) is 4.79 Å². The Labute approximate surface area is 156 Å². The maximum absolute atomic E-state index is 12.2. The third kappa shape index (κ3) is 4.10. The first-order valence-electron chi connectivity index (χ1n) is 7.95. The van der Waals surface area contributed by atoms with E-state index in [0.717, 1.165) is 11.1 Å². The van der Waals surface area contributed by atoms with Crippen molar-refractivity contribution < 1.29 is 14.3 Å². The van der Waals surface area contributed by atoms with Gasteiger partial charge in [-0.1, -0.05) is 66.2 Å². The fourth-order valence-electron chi connectivity index (χ4n) is 2.45. The van der Waals surface area contributed by atoms with Crippen molar-refractivity contribution in [3.8, 4) is 11.1 Å². The fourth-order valence-corrected chi connectivity index (χ4v) is 2.57. The normalized spacial score (nSPS) is 10.3. The summed E-state index contributed by atoms with van der Waals surface area (Å²) in [5.41, 5.74) is 8.75. The van der Waals surface area contributed by atoms with Gasteiger partial charge in [0.15, 0.2) is 12.4 Å². The lowest BCUT2D eigenvalue weighted by atomic mass is 10.0. The summed E-state index contributed by atoms with van der Waals surface area (Å²) in [5, 5.41) is 0.358. The van der Waals surface area contributed by atoms with E-state index in [1.54, 1.807) is 12.1 Å². The highest BCUT2D eigenvalue weighted by molar-refractivity contribution is 6.33. The molecule has 3 aromatic rings. The number of nitrogens with two attached hydrogens (primary N) is 1. The number of hydrogen-bond acceptors (Lipinski definition) is 4. The van der Waals surface area contributed by atoms with Crippen LogP contribution < -0.4 is 5.73 Å². The molecule has 0 aliphatic rings. The lowest BCUT2D eigenvalue weighted by Gasteiger charge is -2.07. The van der Waals surface area contributed by atoms with Crippen LogP contribution in [0.3, 0.4) is 0 Å². The molecule has 0 saturated heterocycles. The molecule has 5 heteroatoms. The van der Waals surface area contributed by atoms with E-state index >= 15 is 0 Å². The Morgan fingerprint density at radius 2 is 1.46 bits per heavy atom. The molecule has 0 fully saturated rings. The smallest absolute Gasteiger partial charge is 0.338 e. The monoisotopic (exact) mass is 365 g/mol. The van der Waals surface area contributed by atoms with E-state index in [-0.39, 0.29) is 23.6 Å². The molecule has 0 spiro atoms. The number of anilines is 1. The maximum atomic E-state index is 12.2. The number of Topliss-reactive ketones (excluding diaryl/α,β-unsaturated/α-hetero) is 1. The summed E-state index contributed by atoms with van der Waals surface area (Å²) in [6.45, 7) is -0.341. The quantitative estimate of drug-likeness (QED) is 0.406. The van der Waals surface area contributed by atoms with Crippen molar-refractivity contribution in [2.75, 3.05) is 12.3 Å². The van der Waals surface area contributed by atoms with E-state index in [4.69, 9.17) is 22.1 Å². The predicted molar refractivity (Wildman–Crippen MR) is 102 cm³/mol. The van der Waals surface area contributed by atoms with Crippen LogP contribution in [0, 0.1) is 0 Å². The molecule has 0 aromatic heterocycles. The molecule has 3 rings (SSSR count). The van der Waals surface area contributed by atoms with Gasteiger partial charge in [-0.2, -0.15) is 0 Å². The predicted octanol–water partition coefficient (Wildman–Crippen LogP) is 4.63. The highest BCUT2D eigenvalue weighted by Crippen LogP contribution is 2.21. The van der Waals surface area contributed by atoms with Crippen molar-refractivity contribution in [1.82, 2.24) is 0 Å². The molecule has 0 atom stereocenters. The molecule has 3 aromatic carbocycles. The molecule has 26 heavy (non-hydrogen) atoms. The second-order valence-corrected chi connectivity index (χ2v) is 6.09. The SMILES string of the molecule is Nc1cc(C(=O)OCC(=O)c2ccc(-c3ccccc3)cc2)ccc1Cl. The minimum absolute atomic E-state index is 0.249. The molecular formula is C21H16ClNO3. The van der Waals surface area contributed by atoms with Gasteiger partial charge < -0.3 is 10.5 Å². The Bertz CT molecular complexity index is 937. The average molecular weight is 366 g/mol. The fraction of sp³-hybridized carbons (Fsp3) is 0.0476.